The number of halogens is 3. The van der Waals surface area contributed by atoms with Crippen molar-refractivity contribution in [3.05, 3.63) is 33.8 Å². The number of nitrogens with one attached hydrogen (secondary N) is 1. The van der Waals surface area contributed by atoms with Gasteiger partial charge in [0.1, 0.15) is 11.6 Å². The fraction of sp³-hybridized carbons (Fsp3) is 0.571. The third-order valence-electron chi connectivity index (χ3n) is 2.92. The molecular formula is C14H20BrF2NO. The molecule has 0 aromatic heterocycles. The molecule has 0 aliphatic rings. The Kier molecular flexibility index (Phi) is 5.89. The van der Waals surface area contributed by atoms with E-state index < -0.39 is 17.2 Å². The summed E-state index contributed by atoms with van der Waals surface area (Å²) in [5.74, 6) is -0.979. The van der Waals surface area contributed by atoms with Crippen LogP contribution in [0.15, 0.2) is 16.6 Å². The van der Waals surface area contributed by atoms with Crippen LogP contribution < -0.4 is 5.32 Å². The van der Waals surface area contributed by atoms with E-state index in [0.717, 1.165) is 12.6 Å². The van der Waals surface area contributed by atoms with Crippen molar-refractivity contribution >= 4 is 15.9 Å². The quantitative estimate of drug-likeness (QED) is 0.615. The summed E-state index contributed by atoms with van der Waals surface area (Å²) >= 11 is 3.01. The molecule has 0 saturated heterocycles. The topological polar surface area (TPSA) is 32.3 Å². The molecule has 1 unspecified atom stereocenters. The lowest BCUT2D eigenvalue weighted by Gasteiger charge is -2.25. The summed E-state index contributed by atoms with van der Waals surface area (Å²) in [4.78, 5) is 0. The van der Waals surface area contributed by atoms with Crippen LogP contribution in [0.2, 0.25) is 0 Å². The van der Waals surface area contributed by atoms with Gasteiger partial charge in [-0.3, -0.25) is 0 Å². The molecule has 1 aromatic carbocycles. The molecule has 108 valence electrons. The molecule has 0 aliphatic heterocycles. The summed E-state index contributed by atoms with van der Waals surface area (Å²) in [5.41, 5.74) is -1.82. The second-order valence-electron chi connectivity index (χ2n) is 5.34. The lowest BCUT2D eigenvalue weighted by atomic mass is 9.91. The molecule has 19 heavy (non-hydrogen) atoms. The Labute approximate surface area is 121 Å². The first kappa shape index (κ1) is 16.5. The van der Waals surface area contributed by atoms with Crippen molar-refractivity contribution < 1.29 is 13.9 Å². The summed E-state index contributed by atoms with van der Waals surface area (Å²) in [7, 11) is 0. The van der Waals surface area contributed by atoms with Crippen molar-refractivity contribution in [1.29, 1.82) is 0 Å². The Bertz CT molecular complexity index is 436. The van der Waals surface area contributed by atoms with Crippen molar-refractivity contribution in [2.45, 2.75) is 32.8 Å². The van der Waals surface area contributed by atoms with Gasteiger partial charge in [-0.2, -0.15) is 0 Å². The Balaban J connectivity index is 2.79. The smallest absolute Gasteiger partial charge is 0.146 e. The van der Waals surface area contributed by atoms with Crippen LogP contribution in [0.3, 0.4) is 0 Å². The fourth-order valence-electron chi connectivity index (χ4n) is 1.87. The van der Waals surface area contributed by atoms with Gasteiger partial charge in [0.2, 0.25) is 0 Å². The van der Waals surface area contributed by atoms with Crippen LogP contribution in [0, 0.1) is 17.6 Å². The van der Waals surface area contributed by atoms with Crippen LogP contribution in [0.4, 0.5) is 8.78 Å². The summed E-state index contributed by atoms with van der Waals surface area (Å²) < 4.78 is 27.8. The molecule has 0 spiro atoms. The lowest BCUT2D eigenvalue weighted by molar-refractivity contribution is 0.0401. The van der Waals surface area contributed by atoms with Crippen LogP contribution >= 0.6 is 15.9 Å². The number of hydrogen-bond acceptors (Lipinski definition) is 2. The molecule has 1 rings (SSSR count). The van der Waals surface area contributed by atoms with Gasteiger partial charge in [0.25, 0.3) is 0 Å². The SMILES string of the molecule is CC(C)CNCCC(C)(O)c1c(F)ccc(Br)c1F. The number of rotatable bonds is 6. The molecule has 0 bridgehead atoms. The first-order valence-corrected chi connectivity index (χ1v) is 7.12. The summed E-state index contributed by atoms with van der Waals surface area (Å²) in [6, 6.07) is 2.44. The molecule has 0 radical (unpaired) electrons. The van der Waals surface area contributed by atoms with Crippen LogP contribution in [0.1, 0.15) is 32.8 Å². The summed E-state index contributed by atoms with van der Waals surface area (Å²) in [6.45, 7) is 6.87. The van der Waals surface area contributed by atoms with Crippen LogP contribution in [0.5, 0.6) is 0 Å². The predicted molar refractivity (Wildman–Crippen MR) is 76.0 cm³/mol. The highest BCUT2D eigenvalue weighted by Crippen LogP contribution is 2.32. The van der Waals surface area contributed by atoms with E-state index in [1.54, 1.807) is 0 Å². The molecule has 0 heterocycles. The fourth-order valence-corrected chi connectivity index (χ4v) is 2.20. The zero-order valence-electron chi connectivity index (χ0n) is 11.4. The Morgan fingerprint density at radius 1 is 1.37 bits per heavy atom. The molecule has 2 nitrogen and oxygen atoms in total. The maximum atomic E-state index is 13.9. The third-order valence-corrected chi connectivity index (χ3v) is 3.54. The van der Waals surface area contributed by atoms with Gasteiger partial charge in [0.15, 0.2) is 0 Å². The Morgan fingerprint density at radius 3 is 2.58 bits per heavy atom. The molecule has 0 saturated carbocycles. The van der Waals surface area contributed by atoms with Gasteiger partial charge in [-0.15, -0.1) is 0 Å². The van der Waals surface area contributed by atoms with Gasteiger partial charge in [0, 0.05) is 0 Å². The van der Waals surface area contributed by atoms with E-state index in [4.69, 9.17) is 0 Å². The molecular weight excluding hydrogens is 316 g/mol. The maximum absolute atomic E-state index is 13.9. The molecule has 5 heteroatoms. The minimum atomic E-state index is -1.54. The van der Waals surface area contributed by atoms with Crippen LogP contribution in [-0.4, -0.2) is 18.2 Å². The summed E-state index contributed by atoms with van der Waals surface area (Å²) in [5, 5.41) is 13.4. The largest absolute Gasteiger partial charge is 0.385 e. The van der Waals surface area contributed by atoms with Gasteiger partial charge < -0.3 is 10.4 Å². The molecule has 1 aromatic rings. The first-order valence-electron chi connectivity index (χ1n) is 6.32. The van der Waals surface area contributed by atoms with Crippen LogP contribution in [-0.2, 0) is 5.60 Å². The number of hydrogen-bond donors (Lipinski definition) is 2. The normalized spacial score (nSPS) is 14.7. The average molecular weight is 336 g/mol. The third kappa shape index (κ3) is 4.51. The van der Waals surface area contributed by atoms with Gasteiger partial charge >= 0.3 is 0 Å². The average Bonchev–Trinajstić information content (AvgIpc) is 2.29. The maximum Gasteiger partial charge on any atom is 0.146 e. The van der Waals surface area contributed by atoms with E-state index in [9.17, 15) is 13.9 Å². The molecule has 0 fully saturated rings. The lowest BCUT2D eigenvalue weighted by Crippen LogP contribution is -2.31. The van der Waals surface area contributed by atoms with Crippen molar-refractivity contribution in [3.8, 4) is 0 Å². The minimum Gasteiger partial charge on any atom is -0.385 e. The van der Waals surface area contributed by atoms with Gasteiger partial charge in [-0.25, -0.2) is 8.78 Å². The highest BCUT2D eigenvalue weighted by atomic mass is 79.9. The van der Waals surface area contributed by atoms with Gasteiger partial charge in [-0.05, 0) is 60.4 Å². The first-order chi connectivity index (χ1) is 8.75. The van der Waals surface area contributed by atoms with Crippen molar-refractivity contribution in [1.82, 2.24) is 5.32 Å². The number of aliphatic hydroxyl groups is 1. The summed E-state index contributed by atoms with van der Waals surface area (Å²) in [6.07, 6.45) is 0.240. The predicted octanol–water partition coefficient (Wildman–Crippen LogP) is 3.57. The van der Waals surface area contributed by atoms with Crippen LogP contribution in [0.25, 0.3) is 0 Å². The second kappa shape index (κ2) is 6.77. The van der Waals surface area contributed by atoms with E-state index in [0.29, 0.717) is 12.5 Å². The van der Waals surface area contributed by atoms with Gasteiger partial charge in [-0.1, -0.05) is 13.8 Å². The van der Waals surface area contributed by atoms with Gasteiger partial charge in [0.05, 0.1) is 15.6 Å². The van der Waals surface area contributed by atoms with E-state index in [1.807, 2.05) is 0 Å². The standard InChI is InChI=1S/C14H20BrF2NO/c1-9(2)8-18-7-6-14(3,19)12-11(16)5-4-10(15)13(12)17/h4-5,9,18-19H,6-8H2,1-3H3. The monoisotopic (exact) mass is 335 g/mol. The van der Waals surface area contributed by atoms with E-state index in [1.165, 1.54) is 13.0 Å². The number of benzene rings is 1. The zero-order chi connectivity index (χ0) is 14.6. The van der Waals surface area contributed by atoms with Crippen molar-refractivity contribution in [2.24, 2.45) is 5.92 Å². The molecule has 1 atom stereocenters. The Hall–Kier alpha value is -0.520. The highest BCUT2D eigenvalue weighted by molar-refractivity contribution is 9.10. The molecule has 2 N–H and O–H groups in total. The second-order valence-corrected chi connectivity index (χ2v) is 6.19. The zero-order valence-corrected chi connectivity index (χ0v) is 13.0. The van der Waals surface area contributed by atoms with E-state index in [-0.39, 0.29) is 16.5 Å². The highest BCUT2D eigenvalue weighted by Gasteiger charge is 2.30. The Morgan fingerprint density at radius 2 is 2.00 bits per heavy atom. The van der Waals surface area contributed by atoms with Crippen molar-refractivity contribution in [2.75, 3.05) is 13.1 Å². The van der Waals surface area contributed by atoms with E-state index >= 15 is 0 Å². The minimum absolute atomic E-state index is 0.152. The molecule has 0 aliphatic carbocycles. The molecule has 0 amide bonds. The van der Waals surface area contributed by atoms with E-state index in [2.05, 4.69) is 35.1 Å². The van der Waals surface area contributed by atoms with Crippen molar-refractivity contribution in [3.63, 3.8) is 0 Å².